The average Bonchev–Trinajstić information content (AvgIpc) is 2.63. The van der Waals surface area contributed by atoms with Crippen LogP contribution in [0, 0.1) is 6.92 Å². The highest BCUT2D eigenvalue weighted by atomic mass is 16.1. The molecule has 24 heavy (non-hydrogen) atoms. The lowest BCUT2D eigenvalue weighted by molar-refractivity contribution is 0.0973. The summed E-state index contributed by atoms with van der Waals surface area (Å²) in [6.45, 7) is 2.09. The Labute approximate surface area is 144 Å². The van der Waals surface area contributed by atoms with Gasteiger partial charge in [-0.25, -0.2) is 0 Å². The van der Waals surface area contributed by atoms with Gasteiger partial charge in [0.05, 0.1) is 0 Å². The van der Waals surface area contributed by atoms with Gasteiger partial charge in [-0.1, -0.05) is 90.5 Å². The van der Waals surface area contributed by atoms with Crippen LogP contribution in [0.4, 0.5) is 0 Å². The molecule has 0 heterocycles. The van der Waals surface area contributed by atoms with E-state index in [1.54, 1.807) is 0 Å². The standard InChI is InChI=1S/C23H22O/c1-18-12-14-20(15-13-18)22(16-19-8-4-2-5-9-19)17-23(24)21-10-6-3-7-11-21/h2-15,22H,16-17H2,1H3. The Morgan fingerprint density at radius 2 is 1.38 bits per heavy atom. The van der Waals surface area contributed by atoms with Crippen LogP contribution < -0.4 is 0 Å². The molecular formula is C23H22O. The molecule has 0 saturated carbocycles. The third-order valence-electron chi connectivity index (χ3n) is 4.40. The number of Topliss-reactive ketones (excluding diaryl/α,β-unsaturated/α-hetero) is 1. The second-order valence-corrected chi connectivity index (χ2v) is 6.29. The molecule has 3 aromatic rings. The zero-order valence-corrected chi connectivity index (χ0v) is 14.0. The van der Waals surface area contributed by atoms with Gasteiger partial charge in [0.15, 0.2) is 5.78 Å². The highest BCUT2D eigenvalue weighted by Gasteiger charge is 2.17. The van der Waals surface area contributed by atoms with Gasteiger partial charge < -0.3 is 0 Å². The predicted octanol–water partition coefficient (Wildman–Crippen LogP) is 5.59. The molecule has 0 N–H and O–H groups in total. The van der Waals surface area contributed by atoms with Gasteiger partial charge in [-0.2, -0.15) is 0 Å². The first-order valence-corrected chi connectivity index (χ1v) is 8.41. The average molecular weight is 314 g/mol. The minimum atomic E-state index is 0.195. The predicted molar refractivity (Wildman–Crippen MR) is 99.5 cm³/mol. The number of carbonyl (C=O) groups excluding carboxylic acids is 1. The van der Waals surface area contributed by atoms with Crippen LogP contribution >= 0.6 is 0 Å². The van der Waals surface area contributed by atoms with Crippen molar-refractivity contribution in [1.82, 2.24) is 0 Å². The van der Waals surface area contributed by atoms with E-state index in [1.807, 2.05) is 36.4 Å². The third-order valence-corrected chi connectivity index (χ3v) is 4.40. The summed E-state index contributed by atoms with van der Waals surface area (Å²) in [6.07, 6.45) is 1.41. The summed E-state index contributed by atoms with van der Waals surface area (Å²) in [6, 6.07) is 28.6. The summed E-state index contributed by atoms with van der Waals surface area (Å²) >= 11 is 0. The lowest BCUT2D eigenvalue weighted by atomic mass is 9.86. The van der Waals surface area contributed by atoms with Crippen molar-refractivity contribution in [2.45, 2.75) is 25.7 Å². The minimum Gasteiger partial charge on any atom is -0.294 e. The fourth-order valence-electron chi connectivity index (χ4n) is 3.01. The molecule has 1 unspecified atom stereocenters. The molecule has 0 aromatic heterocycles. The Hall–Kier alpha value is -2.67. The Morgan fingerprint density at radius 1 is 0.792 bits per heavy atom. The fourth-order valence-corrected chi connectivity index (χ4v) is 3.01. The Bertz CT molecular complexity index is 773. The van der Waals surface area contributed by atoms with Crippen LogP contribution in [0.5, 0.6) is 0 Å². The fraction of sp³-hybridized carbons (Fsp3) is 0.174. The molecule has 1 atom stereocenters. The monoisotopic (exact) mass is 314 g/mol. The highest BCUT2D eigenvalue weighted by Crippen LogP contribution is 2.26. The maximum atomic E-state index is 12.7. The number of hydrogen-bond acceptors (Lipinski definition) is 1. The molecule has 0 spiro atoms. The van der Waals surface area contributed by atoms with E-state index in [4.69, 9.17) is 0 Å². The van der Waals surface area contributed by atoms with Crippen molar-refractivity contribution < 1.29 is 4.79 Å². The number of hydrogen-bond donors (Lipinski definition) is 0. The van der Waals surface area contributed by atoms with Gasteiger partial charge in [0.1, 0.15) is 0 Å². The van der Waals surface area contributed by atoms with Crippen molar-refractivity contribution in [3.63, 3.8) is 0 Å². The zero-order valence-electron chi connectivity index (χ0n) is 14.0. The molecule has 0 aliphatic heterocycles. The van der Waals surface area contributed by atoms with Crippen LogP contribution in [-0.4, -0.2) is 5.78 Å². The molecule has 3 aromatic carbocycles. The van der Waals surface area contributed by atoms with Crippen molar-refractivity contribution >= 4 is 5.78 Å². The summed E-state index contributed by atoms with van der Waals surface area (Å²) in [7, 11) is 0. The normalized spacial score (nSPS) is 11.9. The SMILES string of the molecule is Cc1ccc(C(CC(=O)c2ccccc2)Cc2ccccc2)cc1. The van der Waals surface area contributed by atoms with Crippen LogP contribution in [-0.2, 0) is 6.42 Å². The van der Waals surface area contributed by atoms with Crippen molar-refractivity contribution in [3.8, 4) is 0 Å². The molecule has 0 aliphatic rings. The van der Waals surface area contributed by atoms with E-state index in [2.05, 4.69) is 55.5 Å². The Kier molecular flexibility index (Phi) is 5.22. The number of ketones is 1. The van der Waals surface area contributed by atoms with Crippen LogP contribution in [0.15, 0.2) is 84.9 Å². The van der Waals surface area contributed by atoms with Crippen molar-refractivity contribution in [1.29, 1.82) is 0 Å². The summed E-state index contributed by atoms with van der Waals surface area (Å²) in [4.78, 5) is 12.7. The number of benzene rings is 3. The largest absolute Gasteiger partial charge is 0.294 e. The summed E-state index contributed by atoms with van der Waals surface area (Å²) in [5, 5.41) is 0. The topological polar surface area (TPSA) is 17.1 Å². The summed E-state index contributed by atoms with van der Waals surface area (Å²) in [5.41, 5.74) is 4.53. The smallest absolute Gasteiger partial charge is 0.163 e. The van der Waals surface area contributed by atoms with Crippen molar-refractivity contribution in [3.05, 3.63) is 107 Å². The quantitative estimate of drug-likeness (QED) is 0.542. The van der Waals surface area contributed by atoms with Gasteiger partial charge in [0.25, 0.3) is 0 Å². The third kappa shape index (κ3) is 4.20. The van der Waals surface area contributed by atoms with Crippen LogP contribution in [0.3, 0.4) is 0 Å². The first kappa shape index (κ1) is 16.2. The van der Waals surface area contributed by atoms with E-state index in [0.29, 0.717) is 6.42 Å². The Balaban J connectivity index is 1.84. The lowest BCUT2D eigenvalue weighted by Crippen LogP contribution is -2.10. The van der Waals surface area contributed by atoms with Gasteiger partial charge in [-0.15, -0.1) is 0 Å². The Morgan fingerprint density at radius 3 is 2.00 bits per heavy atom. The van der Waals surface area contributed by atoms with Gasteiger partial charge in [0.2, 0.25) is 0 Å². The molecule has 0 saturated heterocycles. The molecule has 0 radical (unpaired) electrons. The van der Waals surface area contributed by atoms with Gasteiger partial charge in [0, 0.05) is 12.0 Å². The van der Waals surface area contributed by atoms with Crippen molar-refractivity contribution in [2.24, 2.45) is 0 Å². The minimum absolute atomic E-state index is 0.195. The first-order valence-electron chi connectivity index (χ1n) is 8.41. The number of aryl methyl sites for hydroxylation is 1. The lowest BCUT2D eigenvalue weighted by Gasteiger charge is -2.17. The maximum Gasteiger partial charge on any atom is 0.163 e. The van der Waals surface area contributed by atoms with E-state index in [1.165, 1.54) is 16.7 Å². The zero-order chi connectivity index (χ0) is 16.8. The second-order valence-electron chi connectivity index (χ2n) is 6.29. The van der Waals surface area contributed by atoms with E-state index in [9.17, 15) is 4.79 Å². The van der Waals surface area contributed by atoms with E-state index < -0.39 is 0 Å². The van der Waals surface area contributed by atoms with Gasteiger partial charge in [-0.3, -0.25) is 4.79 Å². The second kappa shape index (κ2) is 7.74. The van der Waals surface area contributed by atoms with Crippen LogP contribution in [0.2, 0.25) is 0 Å². The van der Waals surface area contributed by atoms with Crippen molar-refractivity contribution in [2.75, 3.05) is 0 Å². The molecule has 1 heteroatoms. The van der Waals surface area contributed by atoms with E-state index in [0.717, 1.165) is 12.0 Å². The molecule has 0 fully saturated rings. The summed E-state index contributed by atoms with van der Waals surface area (Å²) < 4.78 is 0. The van der Waals surface area contributed by atoms with Gasteiger partial charge in [-0.05, 0) is 30.4 Å². The highest BCUT2D eigenvalue weighted by molar-refractivity contribution is 5.96. The molecule has 1 nitrogen and oxygen atoms in total. The molecular weight excluding hydrogens is 292 g/mol. The summed E-state index contributed by atoms with van der Waals surface area (Å²) in [5.74, 6) is 0.401. The molecule has 0 aliphatic carbocycles. The molecule has 0 bridgehead atoms. The van der Waals surface area contributed by atoms with E-state index in [-0.39, 0.29) is 11.7 Å². The van der Waals surface area contributed by atoms with Crippen LogP contribution in [0.1, 0.15) is 39.4 Å². The molecule has 0 amide bonds. The molecule has 3 rings (SSSR count). The van der Waals surface area contributed by atoms with Gasteiger partial charge >= 0.3 is 0 Å². The van der Waals surface area contributed by atoms with Crippen LogP contribution in [0.25, 0.3) is 0 Å². The van der Waals surface area contributed by atoms with E-state index >= 15 is 0 Å². The molecule has 120 valence electrons. The maximum absolute atomic E-state index is 12.7. The number of carbonyl (C=O) groups is 1. The first-order chi connectivity index (χ1) is 11.7. The number of rotatable bonds is 6.